The van der Waals surface area contributed by atoms with E-state index < -0.39 is 5.97 Å². The van der Waals surface area contributed by atoms with Crippen LogP contribution >= 0.6 is 27.7 Å². The van der Waals surface area contributed by atoms with Crippen LogP contribution in [0.15, 0.2) is 50.8 Å². The Kier molecular flexibility index (Phi) is 6.84. The molecule has 9 heteroatoms. The number of thioether (sulfide) groups is 1. The molecule has 2 aromatic carbocycles. The monoisotopic (exact) mass is 490 g/mol. The lowest BCUT2D eigenvalue weighted by Gasteiger charge is -2.10. The Morgan fingerprint density at radius 3 is 2.43 bits per heavy atom. The molecule has 7 nitrogen and oxygen atoms in total. The Morgan fingerprint density at radius 2 is 1.83 bits per heavy atom. The summed E-state index contributed by atoms with van der Waals surface area (Å²) in [5, 5.41) is 0.539. The van der Waals surface area contributed by atoms with E-state index in [2.05, 4.69) is 20.9 Å². The first-order valence-electron chi connectivity index (χ1n) is 8.74. The standard InChI is InChI=1S/C21H19BrN2O5S/c1-24-19(25)17(11-12-9-15(22)18(28-3)16(10-12)27-2)30-21(24)23-14-7-5-13(6-8-14)20(26)29-4/h5-11H,1-4H3/b17-11-,23-21?. The molecule has 0 radical (unpaired) electrons. The van der Waals surface area contributed by atoms with E-state index in [-0.39, 0.29) is 5.91 Å². The second kappa shape index (κ2) is 9.36. The molecule has 0 bridgehead atoms. The Hall–Kier alpha value is -2.78. The van der Waals surface area contributed by atoms with Crippen molar-refractivity contribution >= 4 is 56.5 Å². The SMILES string of the molecule is COC(=O)c1ccc(N=C2S/C(=C\c3cc(Br)c(OC)c(OC)c3)C(=O)N2C)cc1. The highest BCUT2D eigenvalue weighted by molar-refractivity contribution is 9.10. The first kappa shape index (κ1) is 21.9. The van der Waals surface area contributed by atoms with Gasteiger partial charge in [-0.3, -0.25) is 9.69 Å². The predicted molar refractivity (Wildman–Crippen MR) is 120 cm³/mol. The van der Waals surface area contributed by atoms with Crippen molar-refractivity contribution in [3.63, 3.8) is 0 Å². The summed E-state index contributed by atoms with van der Waals surface area (Å²) in [4.78, 5) is 30.8. The zero-order valence-corrected chi connectivity index (χ0v) is 19.2. The number of methoxy groups -OCH3 is 3. The van der Waals surface area contributed by atoms with Gasteiger partial charge in [-0.05, 0) is 75.7 Å². The summed E-state index contributed by atoms with van der Waals surface area (Å²) in [6.45, 7) is 0. The maximum Gasteiger partial charge on any atom is 0.337 e. The quantitative estimate of drug-likeness (QED) is 0.453. The van der Waals surface area contributed by atoms with E-state index in [0.29, 0.717) is 32.8 Å². The van der Waals surface area contributed by atoms with Crippen LogP contribution in [-0.4, -0.2) is 50.3 Å². The van der Waals surface area contributed by atoms with Gasteiger partial charge in [-0.25, -0.2) is 9.79 Å². The Balaban J connectivity index is 1.88. The van der Waals surface area contributed by atoms with Gasteiger partial charge in [0, 0.05) is 7.05 Å². The molecule has 2 aromatic rings. The molecule has 156 valence electrons. The molecular formula is C21H19BrN2O5S. The maximum absolute atomic E-state index is 12.7. The molecule has 0 spiro atoms. The first-order valence-corrected chi connectivity index (χ1v) is 10.3. The van der Waals surface area contributed by atoms with Crippen LogP contribution in [0.4, 0.5) is 5.69 Å². The molecule has 30 heavy (non-hydrogen) atoms. The molecule has 1 fully saturated rings. The highest BCUT2D eigenvalue weighted by atomic mass is 79.9. The highest BCUT2D eigenvalue weighted by Crippen LogP contribution is 2.39. The maximum atomic E-state index is 12.7. The summed E-state index contributed by atoms with van der Waals surface area (Å²) in [6.07, 6.45) is 1.78. The summed E-state index contributed by atoms with van der Waals surface area (Å²) in [6, 6.07) is 10.3. The predicted octanol–water partition coefficient (Wildman–Crippen LogP) is 4.49. The molecule has 0 saturated carbocycles. The Morgan fingerprint density at radius 1 is 1.13 bits per heavy atom. The number of benzene rings is 2. The number of halogens is 1. The van der Waals surface area contributed by atoms with E-state index in [1.807, 2.05) is 6.07 Å². The number of hydrogen-bond acceptors (Lipinski definition) is 7. The fourth-order valence-corrected chi connectivity index (χ4v) is 4.33. The van der Waals surface area contributed by atoms with Crippen molar-refractivity contribution in [2.45, 2.75) is 0 Å². The Labute approximate surface area is 186 Å². The van der Waals surface area contributed by atoms with Gasteiger partial charge in [-0.15, -0.1) is 0 Å². The lowest BCUT2D eigenvalue weighted by atomic mass is 10.2. The van der Waals surface area contributed by atoms with E-state index in [1.165, 1.54) is 23.8 Å². The van der Waals surface area contributed by atoms with E-state index in [4.69, 9.17) is 14.2 Å². The van der Waals surface area contributed by atoms with Crippen molar-refractivity contribution in [1.82, 2.24) is 4.90 Å². The molecule has 1 aliphatic rings. The van der Waals surface area contributed by atoms with Crippen LogP contribution in [0.5, 0.6) is 11.5 Å². The molecule has 0 aliphatic carbocycles. The number of esters is 1. The molecule has 0 atom stereocenters. The van der Waals surface area contributed by atoms with E-state index in [0.717, 1.165) is 10.0 Å². The molecular weight excluding hydrogens is 472 g/mol. The molecule has 1 aliphatic heterocycles. The molecule has 3 rings (SSSR count). The second-order valence-corrected chi connectivity index (χ2v) is 8.01. The number of ether oxygens (including phenoxy) is 3. The van der Waals surface area contributed by atoms with Crippen molar-refractivity contribution in [2.24, 2.45) is 4.99 Å². The number of carbonyl (C=O) groups excluding carboxylic acids is 2. The third kappa shape index (κ3) is 4.52. The zero-order valence-electron chi connectivity index (χ0n) is 16.8. The van der Waals surface area contributed by atoms with Crippen molar-refractivity contribution in [3.05, 3.63) is 56.9 Å². The average Bonchev–Trinajstić information content (AvgIpc) is 3.01. The lowest BCUT2D eigenvalue weighted by molar-refractivity contribution is -0.121. The van der Waals surface area contributed by atoms with Gasteiger partial charge in [-0.1, -0.05) is 0 Å². The van der Waals surface area contributed by atoms with Crippen LogP contribution in [0.1, 0.15) is 15.9 Å². The van der Waals surface area contributed by atoms with Gasteiger partial charge >= 0.3 is 5.97 Å². The number of hydrogen-bond donors (Lipinski definition) is 0. The third-order valence-electron chi connectivity index (χ3n) is 4.27. The molecule has 1 heterocycles. The normalized spacial score (nSPS) is 16.3. The van der Waals surface area contributed by atoms with Crippen LogP contribution in [0.25, 0.3) is 6.08 Å². The van der Waals surface area contributed by atoms with Crippen molar-refractivity contribution < 1.29 is 23.8 Å². The van der Waals surface area contributed by atoms with Gasteiger partial charge < -0.3 is 14.2 Å². The fourth-order valence-electron chi connectivity index (χ4n) is 2.72. The minimum atomic E-state index is -0.414. The highest BCUT2D eigenvalue weighted by Gasteiger charge is 2.30. The number of amides is 1. The number of carbonyl (C=O) groups is 2. The first-order chi connectivity index (χ1) is 14.4. The largest absolute Gasteiger partial charge is 0.493 e. The lowest BCUT2D eigenvalue weighted by Crippen LogP contribution is -2.23. The number of amidine groups is 1. The Bertz CT molecular complexity index is 1050. The molecule has 0 unspecified atom stereocenters. The number of nitrogens with zero attached hydrogens (tertiary/aromatic N) is 2. The van der Waals surface area contributed by atoms with Gasteiger partial charge in [0.15, 0.2) is 16.7 Å². The average molecular weight is 491 g/mol. The van der Waals surface area contributed by atoms with Gasteiger partial charge in [0.05, 0.1) is 42.0 Å². The van der Waals surface area contributed by atoms with Gasteiger partial charge in [0.1, 0.15) is 0 Å². The fraction of sp³-hybridized carbons (Fsp3) is 0.190. The summed E-state index contributed by atoms with van der Waals surface area (Å²) >= 11 is 4.73. The molecule has 0 N–H and O–H groups in total. The van der Waals surface area contributed by atoms with E-state index in [9.17, 15) is 9.59 Å². The second-order valence-electron chi connectivity index (χ2n) is 6.15. The molecule has 0 aromatic heterocycles. The van der Waals surface area contributed by atoms with E-state index >= 15 is 0 Å². The topological polar surface area (TPSA) is 77.4 Å². The number of rotatable bonds is 5. The van der Waals surface area contributed by atoms with Crippen molar-refractivity contribution in [3.8, 4) is 11.5 Å². The zero-order chi connectivity index (χ0) is 21.8. The summed E-state index contributed by atoms with van der Waals surface area (Å²) in [7, 11) is 6.12. The minimum absolute atomic E-state index is 0.157. The molecule has 1 saturated heterocycles. The van der Waals surface area contributed by atoms with Crippen LogP contribution in [0.3, 0.4) is 0 Å². The molecule has 1 amide bonds. The summed E-state index contributed by atoms with van der Waals surface area (Å²) in [5.74, 6) is 0.570. The van der Waals surface area contributed by atoms with Crippen LogP contribution < -0.4 is 9.47 Å². The van der Waals surface area contributed by atoms with Gasteiger partial charge in [0.2, 0.25) is 0 Å². The van der Waals surface area contributed by atoms with Crippen LogP contribution in [0, 0.1) is 0 Å². The smallest absolute Gasteiger partial charge is 0.337 e. The van der Waals surface area contributed by atoms with Crippen molar-refractivity contribution in [1.29, 1.82) is 0 Å². The number of likely N-dealkylation sites (N-methyl/N-ethyl adjacent to an activating group) is 1. The van der Waals surface area contributed by atoms with E-state index in [1.54, 1.807) is 57.7 Å². The summed E-state index contributed by atoms with van der Waals surface area (Å²) in [5.41, 5.74) is 1.84. The number of aliphatic imine (C=N–C) groups is 1. The van der Waals surface area contributed by atoms with Crippen LogP contribution in [0.2, 0.25) is 0 Å². The van der Waals surface area contributed by atoms with Gasteiger partial charge in [0.25, 0.3) is 5.91 Å². The van der Waals surface area contributed by atoms with Crippen molar-refractivity contribution in [2.75, 3.05) is 28.4 Å². The summed E-state index contributed by atoms with van der Waals surface area (Å²) < 4.78 is 16.1. The van der Waals surface area contributed by atoms with Gasteiger partial charge in [-0.2, -0.15) is 0 Å². The van der Waals surface area contributed by atoms with Crippen LogP contribution in [-0.2, 0) is 9.53 Å². The minimum Gasteiger partial charge on any atom is -0.493 e. The third-order valence-corrected chi connectivity index (χ3v) is 5.92.